The molecule has 0 radical (unpaired) electrons. The van der Waals surface area contributed by atoms with Crippen molar-refractivity contribution in [1.82, 2.24) is 15.0 Å². The smallest absolute Gasteiger partial charge is 0.267 e. The van der Waals surface area contributed by atoms with Gasteiger partial charge in [0.05, 0.1) is 12.7 Å². The average Bonchev–Trinajstić information content (AvgIpc) is 2.71. The van der Waals surface area contributed by atoms with Gasteiger partial charge in [-0.3, -0.25) is 4.55 Å². The molecule has 3 N–H and O–H groups in total. The number of phenolic OH excluding ortho intramolecular Hbond substituents is 1. The second kappa shape index (κ2) is 9.03. The Labute approximate surface area is 172 Å². The first-order valence-electron chi connectivity index (χ1n) is 8.68. The van der Waals surface area contributed by atoms with Crippen LogP contribution in [0.2, 0.25) is 0 Å². The summed E-state index contributed by atoms with van der Waals surface area (Å²) in [6.45, 7) is -0.383. The molecule has 1 heterocycles. The number of hydrogen-bond acceptors (Lipinski definition) is 9. The third-order valence-electron chi connectivity index (χ3n) is 3.98. The third kappa shape index (κ3) is 5.63. The van der Waals surface area contributed by atoms with Crippen molar-refractivity contribution in [2.75, 3.05) is 19.5 Å². The van der Waals surface area contributed by atoms with Gasteiger partial charge in [-0.05, 0) is 36.4 Å². The molecule has 0 amide bonds. The topological polar surface area (TPSA) is 152 Å². The summed E-state index contributed by atoms with van der Waals surface area (Å²) in [6.07, 6.45) is -0.0883. The van der Waals surface area contributed by atoms with Gasteiger partial charge in [0.1, 0.15) is 42.0 Å². The van der Waals surface area contributed by atoms with Gasteiger partial charge in [0.25, 0.3) is 10.1 Å². The zero-order valence-corrected chi connectivity index (χ0v) is 16.7. The predicted molar refractivity (Wildman–Crippen MR) is 107 cm³/mol. The van der Waals surface area contributed by atoms with Crippen LogP contribution in [0.3, 0.4) is 0 Å². The minimum Gasteiger partial charge on any atom is -0.507 e. The maximum absolute atomic E-state index is 10.7. The maximum atomic E-state index is 10.7. The SMILES string of the molecule is COc1ccc(-c2ncnc(-c3ccc(OCC(O)CS(=O)(=O)O)cc3O)n2)cc1. The van der Waals surface area contributed by atoms with Crippen LogP contribution in [0.4, 0.5) is 0 Å². The molecule has 0 bridgehead atoms. The number of aliphatic hydroxyl groups is 1. The lowest BCUT2D eigenvalue weighted by Crippen LogP contribution is -2.26. The van der Waals surface area contributed by atoms with Gasteiger partial charge in [-0.25, -0.2) is 15.0 Å². The molecule has 3 rings (SSSR count). The first kappa shape index (κ1) is 21.4. The van der Waals surface area contributed by atoms with Gasteiger partial charge in [-0.15, -0.1) is 0 Å². The molecular weight excluding hydrogens is 414 g/mol. The van der Waals surface area contributed by atoms with Crippen LogP contribution < -0.4 is 9.47 Å². The number of aromatic nitrogens is 3. The van der Waals surface area contributed by atoms with E-state index in [1.54, 1.807) is 31.4 Å². The first-order valence-corrected chi connectivity index (χ1v) is 10.3. The normalized spacial score (nSPS) is 12.4. The molecule has 0 aliphatic rings. The highest BCUT2D eigenvalue weighted by Gasteiger charge is 2.16. The van der Waals surface area contributed by atoms with E-state index in [4.69, 9.17) is 14.0 Å². The Kier molecular flexibility index (Phi) is 6.45. The van der Waals surface area contributed by atoms with Gasteiger partial charge in [-0.1, -0.05) is 0 Å². The summed E-state index contributed by atoms with van der Waals surface area (Å²) in [7, 11) is -2.75. The molecule has 0 spiro atoms. The minimum atomic E-state index is -4.32. The Morgan fingerprint density at radius 2 is 1.70 bits per heavy atom. The lowest BCUT2D eigenvalue weighted by Gasteiger charge is -2.12. The van der Waals surface area contributed by atoms with Gasteiger partial charge in [0.2, 0.25) is 0 Å². The number of methoxy groups -OCH3 is 1. The highest BCUT2D eigenvalue weighted by Crippen LogP contribution is 2.31. The highest BCUT2D eigenvalue weighted by atomic mass is 32.2. The molecule has 1 unspecified atom stereocenters. The Hall–Kier alpha value is -3.28. The molecule has 3 aromatic rings. The minimum absolute atomic E-state index is 0.177. The van der Waals surface area contributed by atoms with Crippen molar-refractivity contribution in [3.05, 3.63) is 48.8 Å². The second-order valence-corrected chi connectivity index (χ2v) is 7.75. The average molecular weight is 433 g/mol. The molecule has 10 nitrogen and oxygen atoms in total. The Morgan fingerprint density at radius 1 is 1.03 bits per heavy atom. The van der Waals surface area contributed by atoms with E-state index in [1.807, 2.05) is 0 Å². The van der Waals surface area contributed by atoms with Crippen molar-refractivity contribution >= 4 is 10.1 Å². The van der Waals surface area contributed by atoms with E-state index < -0.39 is 22.0 Å². The van der Waals surface area contributed by atoms with Crippen LogP contribution in [-0.4, -0.2) is 63.7 Å². The summed E-state index contributed by atoms with van der Waals surface area (Å²) in [5.74, 6) is 0.513. The standard InChI is InChI=1S/C19H19N3O7S/c1-28-14-4-2-12(3-5-14)18-20-11-21-19(22-18)16-7-6-15(8-17(16)24)29-9-13(23)10-30(25,26)27/h2-8,11,13,23-24H,9-10H2,1H3,(H,25,26,27). The van der Waals surface area contributed by atoms with Gasteiger partial charge >= 0.3 is 0 Å². The zero-order chi connectivity index (χ0) is 21.7. The number of hydrogen-bond donors (Lipinski definition) is 3. The Balaban J connectivity index is 1.76. The van der Waals surface area contributed by atoms with Crippen molar-refractivity contribution in [3.8, 4) is 40.0 Å². The number of phenols is 1. The summed E-state index contributed by atoms with van der Waals surface area (Å²) in [4.78, 5) is 12.6. The zero-order valence-electron chi connectivity index (χ0n) is 15.8. The van der Waals surface area contributed by atoms with E-state index in [0.717, 1.165) is 5.56 Å². The lowest BCUT2D eigenvalue weighted by molar-refractivity contribution is 0.123. The molecule has 158 valence electrons. The monoisotopic (exact) mass is 433 g/mol. The molecule has 1 atom stereocenters. The fraction of sp³-hybridized carbons (Fsp3) is 0.211. The van der Waals surface area contributed by atoms with Gasteiger partial charge in [0, 0.05) is 11.6 Å². The van der Waals surface area contributed by atoms with Gasteiger partial charge in [0.15, 0.2) is 11.6 Å². The van der Waals surface area contributed by atoms with Crippen molar-refractivity contribution in [2.24, 2.45) is 0 Å². The molecule has 0 aliphatic carbocycles. The number of ether oxygens (including phenoxy) is 2. The van der Waals surface area contributed by atoms with E-state index in [1.165, 1.54) is 24.5 Å². The van der Waals surface area contributed by atoms with E-state index >= 15 is 0 Å². The second-order valence-electron chi connectivity index (χ2n) is 6.25. The molecule has 2 aromatic carbocycles. The molecule has 0 aliphatic heterocycles. The summed E-state index contributed by atoms with van der Waals surface area (Å²) in [5.41, 5.74) is 1.07. The van der Waals surface area contributed by atoms with E-state index in [2.05, 4.69) is 15.0 Å². The van der Waals surface area contributed by atoms with Crippen molar-refractivity contribution in [3.63, 3.8) is 0 Å². The van der Waals surface area contributed by atoms with Gasteiger partial charge in [-0.2, -0.15) is 8.42 Å². The number of aliphatic hydroxyl groups excluding tert-OH is 1. The van der Waals surface area contributed by atoms with Crippen LogP contribution >= 0.6 is 0 Å². The van der Waals surface area contributed by atoms with Crippen molar-refractivity contribution in [2.45, 2.75) is 6.10 Å². The Bertz CT molecular complexity index is 1120. The lowest BCUT2D eigenvalue weighted by atomic mass is 10.1. The van der Waals surface area contributed by atoms with E-state index in [-0.39, 0.29) is 23.9 Å². The van der Waals surface area contributed by atoms with E-state index in [9.17, 15) is 18.6 Å². The number of aromatic hydroxyl groups is 1. The fourth-order valence-electron chi connectivity index (χ4n) is 2.58. The molecule has 11 heteroatoms. The van der Waals surface area contributed by atoms with E-state index in [0.29, 0.717) is 17.1 Å². The van der Waals surface area contributed by atoms with Crippen LogP contribution in [0.25, 0.3) is 22.8 Å². The molecule has 0 fully saturated rings. The Morgan fingerprint density at radius 3 is 2.33 bits per heavy atom. The third-order valence-corrected chi connectivity index (χ3v) is 4.78. The number of nitrogens with zero attached hydrogens (tertiary/aromatic N) is 3. The fourth-order valence-corrected chi connectivity index (χ4v) is 3.16. The molecular formula is C19H19N3O7S. The largest absolute Gasteiger partial charge is 0.507 e. The van der Waals surface area contributed by atoms with Crippen LogP contribution in [0.15, 0.2) is 48.8 Å². The maximum Gasteiger partial charge on any atom is 0.267 e. The molecule has 30 heavy (non-hydrogen) atoms. The highest BCUT2D eigenvalue weighted by molar-refractivity contribution is 7.85. The summed E-state index contributed by atoms with van der Waals surface area (Å²) < 4.78 is 40.6. The first-order chi connectivity index (χ1) is 14.2. The molecule has 0 saturated heterocycles. The summed E-state index contributed by atoms with van der Waals surface area (Å²) in [5, 5.41) is 19.9. The molecule has 0 saturated carbocycles. The van der Waals surface area contributed by atoms with Crippen LogP contribution in [0.1, 0.15) is 0 Å². The molecule has 1 aromatic heterocycles. The van der Waals surface area contributed by atoms with Crippen LogP contribution in [0, 0.1) is 0 Å². The number of benzene rings is 2. The van der Waals surface area contributed by atoms with Crippen LogP contribution in [-0.2, 0) is 10.1 Å². The summed E-state index contributed by atoms with van der Waals surface area (Å²) in [6, 6.07) is 11.5. The number of rotatable bonds is 8. The van der Waals surface area contributed by atoms with Gasteiger partial charge < -0.3 is 19.7 Å². The predicted octanol–water partition coefficient (Wildman–Crippen LogP) is 1.55. The van der Waals surface area contributed by atoms with Crippen molar-refractivity contribution in [1.29, 1.82) is 0 Å². The van der Waals surface area contributed by atoms with Crippen LogP contribution in [0.5, 0.6) is 17.2 Å². The quantitative estimate of drug-likeness (QED) is 0.446. The summed E-state index contributed by atoms with van der Waals surface area (Å²) >= 11 is 0. The van der Waals surface area contributed by atoms with Crippen molar-refractivity contribution < 1.29 is 32.7 Å².